The number of nitrogens with zero attached hydrogens (tertiary/aromatic N) is 4. The number of para-hydroxylation sites is 2. The van der Waals surface area contributed by atoms with Gasteiger partial charge in [-0.05, 0) is 50.5 Å². The number of hydrogen-bond acceptors (Lipinski definition) is 4. The monoisotopic (exact) mass is 474 g/mol. The lowest BCUT2D eigenvalue weighted by Crippen LogP contribution is -2.32. The Morgan fingerprint density at radius 2 is 1.79 bits per heavy atom. The summed E-state index contributed by atoms with van der Waals surface area (Å²) < 4.78 is 6.24. The maximum absolute atomic E-state index is 6.71. The van der Waals surface area contributed by atoms with E-state index in [1.807, 2.05) is 61.5 Å². The van der Waals surface area contributed by atoms with Crippen LogP contribution in [0, 0.1) is 0 Å². The van der Waals surface area contributed by atoms with E-state index in [4.69, 9.17) is 26.4 Å². The second-order valence-electron chi connectivity index (χ2n) is 8.48. The Bertz CT molecular complexity index is 1170. The van der Waals surface area contributed by atoms with Gasteiger partial charge in [-0.1, -0.05) is 68.3 Å². The lowest BCUT2D eigenvalue weighted by atomic mass is 9.98. The number of rotatable bonds is 7. The van der Waals surface area contributed by atoms with Gasteiger partial charge in [-0.25, -0.2) is 10.0 Å². The Morgan fingerprint density at radius 3 is 2.44 bits per heavy atom. The highest BCUT2D eigenvalue weighted by Crippen LogP contribution is 2.34. The van der Waals surface area contributed by atoms with Crippen LogP contribution in [0.4, 0.5) is 0 Å². The zero-order valence-corrected chi connectivity index (χ0v) is 20.8. The summed E-state index contributed by atoms with van der Waals surface area (Å²) in [6.45, 7) is 8.05. The molecule has 2 aromatic rings. The highest BCUT2D eigenvalue weighted by atomic mass is 35.5. The molecule has 1 aliphatic carbocycles. The number of hydrogen-bond donors (Lipinski definition) is 0. The fraction of sp³-hybridized carbons (Fsp3) is 0.321. The topological polar surface area (TPSA) is 49.6 Å². The van der Waals surface area contributed by atoms with Gasteiger partial charge in [-0.2, -0.15) is 5.10 Å². The van der Waals surface area contributed by atoms with Crippen LogP contribution in [-0.2, 0) is 0 Å². The molecule has 1 aliphatic heterocycles. The van der Waals surface area contributed by atoms with E-state index in [1.54, 1.807) is 7.05 Å². The second-order valence-corrected chi connectivity index (χ2v) is 9.05. The number of halogens is 1. The van der Waals surface area contributed by atoms with Gasteiger partial charge in [0.2, 0.25) is 0 Å². The zero-order valence-electron chi connectivity index (χ0n) is 20.1. The maximum atomic E-state index is 6.71. The Morgan fingerprint density at radius 1 is 1.12 bits per heavy atom. The molecule has 6 heteroatoms. The number of allylic oxidation sites excluding steroid dienone is 2. The number of benzene rings is 2. The van der Waals surface area contributed by atoms with E-state index in [0.717, 1.165) is 53.4 Å². The van der Waals surface area contributed by atoms with Crippen LogP contribution >= 0.6 is 11.6 Å². The SMILES string of the molecule is C=C(CC)N=C1/C(=C(\C)Cl)C(C(=NC)c2ccccc2Oc2ccccc2)=NN1C1CCCC1. The van der Waals surface area contributed by atoms with Crippen LogP contribution in [-0.4, -0.2) is 35.4 Å². The van der Waals surface area contributed by atoms with Gasteiger partial charge in [-0.15, -0.1) is 0 Å². The molecule has 1 saturated carbocycles. The van der Waals surface area contributed by atoms with Crippen molar-refractivity contribution < 1.29 is 4.74 Å². The van der Waals surface area contributed by atoms with Gasteiger partial charge >= 0.3 is 0 Å². The van der Waals surface area contributed by atoms with E-state index in [9.17, 15) is 0 Å². The van der Waals surface area contributed by atoms with Crippen molar-refractivity contribution in [2.24, 2.45) is 15.1 Å². The fourth-order valence-electron chi connectivity index (χ4n) is 4.37. The van der Waals surface area contributed by atoms with Crippen LogP contribution < -0.4 is 4.74 Å². The van der Waals surface area contributed by atoms with Gasteiger partial charge in [-0.3, -0.25) is 4.99 Å². The minimum atomic E-state index is 0.292. The molecule has 0 aromatic heterocycles. The first-order chi connectivity index (χ1) is 16.5. The zero-order chi connectivity index (χ0) is 24.1. The summed E-state index contributed by atoms with van der Waals surface area (Å²) in [6, 6.07) is 17.9. The van der Waals surface area contributed by atoms with Crippen molar-refractivity contribution in [3.63, 3.8) is 0 Å². The smallest absolute Gasteiger partial charge is 0.160 e. The molecule has 0 spiro atoms. The van der Waals surface area contributed by atoms with Crippen molar-refractivity contribution in [1.82, 2.24) is 5.01 Å². The van der Waals surface area contributed by atoms with E-state index in [-0.39, 0.29) is 0 Å². The molecule has 2 aliphatic rings. The third-order valence-corrected chi connectivity index (χ3v) is 6.32. The Kier molecular flexibility index (Phi) is 7.63. The van der Waals surface area contributed by atoms with Crippen LogP contribution in [0.3, 0.4) is 0 Å². The van der Waals surface area contributed by atoms with Gasteiger partial charge in [0.15, 0.2) is 5.84 Å². The van der Waals surface area contributed by atoms with Gasteiger partial charge in [0.1, 0.15) is 17.2 Å². The molecule has 176 valence electrons. The predicted molar refractivity (Wildman–Crippen MR) is 142 cm³/mol. The third kappa shape index (κ3) is 5.00. The normalized spacial score (nSPS) is 19.5. The predicted octanol–water partition coefficient (Wildman–Crippen LogP) is 7.35. The summed E-state index contributed by atoms with van der Waals surface area (Å²) >= 11 is 6.71. The molecule has 0 unspecified atom stereocenters. The van der Waals surface area contributed by atoms with Gasteiger partial charge in [0.25, 0.3) is 0 Å². The molecule has 0 amide bonds. The molecule has 0 N–H and O–H groups in total. The van der Waals surface area contributed by atoms with Gasteiger partial charge in [0.05, 0.1) is 17.3 Å². The van der Waals surface area contributed by atoms with Crippen molar-refractivity contribution in [3.05, 3.63) is 83.0 Å². The first-order valence-corrected chi connectivity index (χ1v) is 12.2. The molecular formula is C28H31ClN4O. The largest absolute Gasteiger partial charge is 0.457 e. The molecule has 4 rings (SSSR count). The Balaban J connectivity index is 1.81. The molecule has 1 fully saturated rings. The first kappa shape index (κ1) is 24.0. The molecule has 1 heterocycles. The molecular weight excluding hydrogens is 444 g/mol. The van der Waals surface area contributed by atoms with E-state index in [1.165, 1.54) is 12.8 Å². The standard InChI is InChI=1S/C28H31ClN4O/c1-5-19(2)31-28-25(20(3)29)27(32-33(28)21-13-9-10-14-21)26(30-4)23-17-11-12-18-24(23)34-22-15-7-6-8-16-22/h6-8,11-12,15-18,21H,2,5,9-10,13-14H2,1,3-4H3/b25-20+,30-26?,31-28?. The van der Waals surface area contributed by atoms with Crippen LogP contribution in [0.25, 0.3) is 0 Å². The fourth-order valence-corrected chi connectivity index (χ4v) is 4.54. The summed E-state index contributed by atoms with van der Waals surface area (Å²) in [5.74, 6) is 2.24. The quantitative estimate of drug-likeness (QED) is 0.394. The number of hydrazone groups is 1. The van der Waals surface area contributed by atoms with E-state index < -0.39 is 0 Å². The summed E-state index contributed by atoms with van der Waals surface area (Å²) in [6.07, 6.45) is 5.30. The summed E-state index contributed by atoms with van der Waals surface area (Å²) in [4.78, 5) is 9.56. The van der Waals surface area contributed by atoms with Gasteiger partial charge < -0.3 is 4.74 Å². The van der Waals surface area contributed by atoms with Crippen LogP contribution in [0.1, 0.15) is 51.5 Å². The molecule has 0 radical (unpaired) electrons. The highest BCUT2D eigenvalue weighted by Gasteiger charge is 2.38. The van der Waals surface area contributed by atoms with Crippen molar-refractivity contribution in [3.8, 4) is 11.5 Å². The minimum absolute atomic E-state index is 0.292. The lowest BCUT2D eigenvalue weighted by molar-refractivity contribution is 0.337. The molecule has 0 saturated heterocycles. The lowest BCUT2D eigenvalue weighted by Gasteiger charge is -2.23. The first-order valence-electron chi connectivity index (χ1n) is 11.8. The average molecular weight is 475 g/mol. The van der Waals surface area contributed by atoms with Crippen molar-refractivity contribution in [2.45, 2.75) is 52.0 Å². The molecule has 0 bridgehead atoms. The van der Waals surface area contributed by atoms with E-state index >= 15 is 0 Å². The molecule has 34 heavy (non-hydrogen) atoms. The van der Waals surface area contributed by atoms with Crippen LogP contribution in [0.2, 0.25) is 0 Å². The summed E-state index contributed by atoms with van der Waals surface area (Å²) in [7, 11) is 1.78. The maximum Gasteiger partial charge on any atom is 0.160 e. The summed E-state index contributed by atoms with van der Waals surface area (Å²) in [5, 5.41) is 7.77. The Labute approximate surface area is 207 Å². The van der Waals surface area contributed by atoms with Crippen molar-refractivity contribution in [1.29, 1.82) is 0 Å². The molecule has 5 nitrogen and oxygen atoms in total. The van der Waals surface area contributed by atoms with Crippen molar-refractivity contribution >= 4 is 28.9 Å². The molecule has 0 atom stereocenters. The van der Waals surface area contributed by atoms with Crippen LogP contribution in [0.5, 0.6) is 11.5 Å². The van der Waals surface area contributed by atoms with Crippen LogP contribution in [0.15, 0.2) is 92.6 Å². The molecule has 2 aromatic carbocycles. The number of amidine groups is 1. The Hall–Kier alpha value is -3.18. The van der Waals surface area contributed by atoms with E-state index in [2.05, 4.69) is 23.5 Å². The highest BCUT2D eigenvalue weighted by molar-refractivity contribution is 6.61. The second kappa shape index (κ2) is 10.8. The summed E-state index contributed by atoms with van der Waals surface area (Å²) in [5.41, 5.74) is 3.89. The average Bonchev–Trinajstić information content (AvgIpc) is 3.50. The minimum Gasteiger partial charge on any atom is -0.457 e. The van der Waals surface area contributed by atoms with E-state index in [0.29, 0.717) is 22.5 Å². The number of ether oxygens (including phenoxy) is 1. The van der Waals surface area contributed by atoms with Crippen molar-refractivity contribution in [2.75, 3.05) is 7.05 Å². The third-order valence-electron chi connectivity index (χ3n) is 6.13. The number of aliphatic imine (C=N–C) groups is 2. The van der Waals surface area contributed by atoms with Gasteiger partial charge in [0, 0.05) is 23.3 Å².